The molecule has 2 aliphatic carbocycles. The molecule has 0 bridgehead atoms. The van der Waals surface area contributed by atoms with E-state index in [-0.39, 0.29) is 0 Å². The maximum atomic E-state index is 6.11. The molecule has 2 aromatic rings. The van der Waals surface area contributed by atoms with E-state index in [1.54, 1.807) is 17.4 Å². The van der Waals surface area contributed by atoms with Gasteiger partial charge in [0, 0.05) is 39.0 Å². The lowest BCUT2D eigenvalue weighted by Gasteiger charge is -2.01. The summed E-state index contributed by atoms with van der Waals surface area (Å²) < 4.78 is 0. The molecule has 110 valence electrons. The van der Waals surface area contributed by atoms with E-state index in [2.05, 4.69) is 5.32 Å². The Labute approximate surface area is 138 Å². The standard InChI is InChI=1S/C16H16Cl2N2S/c17-11-5-10(6-12(18)7-11)16-20-15(9-1-2-9)14(21-16)8-19-13-3-4-13/h5-7,9,13,19H,1-4,8H2. The van der Waals surface area contributed by atoms with Crippen molar-refractivity contribution < 1.29 is 0 Å². The molecule has 0 saturated heterocycles. The van der Waals surface area contributed by atoms with Crippen LogP contribution in [0, 0.1) is 0 Å². The second kappa shape index (κ2) is 5.54. The predicted molar refractivity (Wildman–Crippen MR) is 89.4 cm³/mol. The van der Waals surface area contributed by atoms with Crippen LogP contribution in [0.15, 0.2) is 18.2 Å². The number of halogens is 2. The second-order valence-corrected chi connectivity index (χ2v) is 7.87. The Morgan fingerprint density at radius 1 is 1.10 bits per heavy atom. The number of nitrogens with one attached hydrogen (secondary N) is 1. The van der Waals surface area contributed by atoms with Crippen LogP contribution in [0.5, 0.6) is 0 Å². The van der Waals surface area contributed by atoms with Crippen LogP contribution in [0.2, 0.25) is 10.0 Å². The van der Waals surface area contributed by atoms with Crippen molar-refractivity contribution in [3.63, 3.8) is 0 Å². The first-order valence-electron chi connectivity index (χ1n) is 7.38. The van der Waals surface area contributed by atoms with E-state index in [0.717, 1.165) is 23.2 Å². The summed E-state index contributed by atoms with van der Waals surface area (Å²) in [4.78, 5) is 6.27. The Bertz CT molecular complexity index is 655. The largest absolute Gasteiger partial charge is 0.309 e. The number of nitrogens with zero attached hydrogens (tertiary/aromatic N) is 1. The van der Waals surface area contributed by atoms with Crippen molar-refractivity contribution in [2.24, 2.45) is 0 Å². The predicted octanol–water partition coefficient (Wildman–Crippen LogP) is 5.25. The molecule has 0 atom stereocenters. The third-order valence-electron chi connectivity index (χ3n) is 3.93. The lowest BCUT2D eigenvalue weighted by atomic mass is 10.2. The summed E-state index contributed by atoms with van der Waals surface area (Å²) in [6, 6.07) is 6.38. The van der Waals surface area contributed by atoms with Gasteiger partial charge in [-0.05, 0) is 43.9 Å². The molecule has 0 spiro atoms. The van der Waals surface area contributed by atoms with E-state index in [9.17, 15) is 0 Å². The van der Waals surface area contributed by atoms with Crippen LogP contribution in [0.1, 0.15) is 42.2 Å². The summed E-state index contributed by atoms with van der Waals surface area (Å²) in [5.74, 6) is 0.667. The minimum atomic E-state index is 0.665. The molecular formula is C16H16Cl2N2S. The van der Waals surface area contributed by atoms with Gasteiger partial charge in [-0.1, -0.05) is 23.2 Å². The van der Waals surface area contributed by atoms with Gasteiger partial charge in [0.05, 0.1) is 5.69 Å². The van der Waals surface area contributed by atoms with Crippen LogP contribution < -0.4 is 5.32 Å². The van der Waals surface area contributed by atoms with E-state index < -0.39 is 0 Å². The van der Waals surface area contributed by atoms with E-state index in [0.29, 0.717) is 16.0 Å². The van der Waals surface area contributed by atoms with Crippen LogP contribution in [0.3, 0.4) is 0 Å². The Kier molecular flexibility index (Phi) is 3.70. The van der Waals surface area contributed by atoms with Crippen molar-refractivity contribution in [3.8, 4) is 10.6 Å². The fourth-order valence-electron chi connectivity index (χ4n) is 2.49. The Morgan fingerprint density at radius 3 is 2.43 bits per heavy atom. The van der Waals surface area contributed by atoms with Gasteiger partial charge in [-0.3, -0.25) is 0 Å². The molecule has 2 nitrogen and oxygen atoms in total. The summed E-state index contributed by atoms with van der Waals surface area (Å²) in [6.45, 7) is 0.947. The molecule has 1 aromatic carbocycles. The normalized spacial score (nSPS) is 18.2. The maximum Gasteiger partial charge on any atom is 0.124 e. The maximum absolute atomic E-state index is 6.11. The number of rotatable bonds is 5. The number of hydrogen-bond donors (Lipinski definition) is 1. The van der Waals surface area contributed by atoms with E-state index in [1.165, 1.54) is 36.3 Å². The van der Waals surface area contributed by atoms with Gasteiger partial charge >= 0.3 is 0 Å². The van der Waals surface area contributed by atoms with Crippen LogP contribution in [-0.4, -0.2) is 11.0 Å². The third kappa shape index (κ3) is 3.26. The average molecular weight is 339 g/mol. The van der Waals surface area contributed by atoms with Gasteiger partial charge in [-0.2, -0.15) is 0 Å². The van der Waals surface area contributed by atoms with E-state index in [1.807, 2.05) is 12.1 Å². The molecule has 0 unspecified atom stereocenters. The molecule has 4 rings (SSSR count). The van der Waals surface area contributed by atoms with Gasteiger partial charge in [0.2, 0.25) is 0 Å². The highest BCUT2D eigenvalue weighted by molar-refractivity contribution is 7.15. The lowest BCUT2D eigenvalue weighted by Crippen LogP contribution is -2.15. The zero-order valence-electron chi connectivity index (χ0n) is 11.5. The fourth-order valence-corrected chi connectivity index (χ4v) is 4.10. The van der Waals surface area contributed by atoms with Crippen molar-refractivity contribution >= 4 is 34.5 Å². The first-order valence-corrected chi connectivity index (χ1v) is 8.96. The van der Waals surface area contributed by atoms with E-state index in [4.69, 9.17) is 28.2 Å². The van der Waals surface area contributed by atoms with Crippen LogP contribution in [0.25, 0.3) is 10.6 Å². The monoisotopic (exact) mass is 338 g/mol. The molecular weight excluding hydrogens is 323 g/mol. The molecule has 1 aromatic heterocycles. The topological polar surface area (TPSA) is 24.9 Å². The number of aromatic nitrogens is 1. The van der Waals surface area contributed by atoms with Gasteiger partial charge in [-0.25, -0.2) is 4.98 Å². The van der Waals surface area contributed by atoms with Crippen molar-refractivity contribution in [2.45, 2.75) is 44.2 Å². The highest BCUT2D eigenvalue weighted by Crippen LogP contribution is 2.44. The Morgan fingerprint density at radius 2 is 1.81 bits per heavy atom. The Balaban J connectivity index is 1.66. The first-order chi connectivity index (χ1) is 10.2. The first kappa shape index (κ1) is 14.0. The molecule has 1 heterocycles. The van der Waals surface area contributed by atoms with Gasteiger partial charge in [-0.15, -0.1) is 11.3 Å². The zero-order valence-corrected chi connectivity index (χ0v) is 13.9. The van der Waals surface area contributed by atoms with Gasteiger partial charge in [0.25, 0.3) is 0 Å². The number of hydrogen-bond acceptors (Lipinski definition) is 3. The summed E-state index contributed by atoms with van der Waals surface area (Å²) >= 11 is 14.0. The summed E-state index contributed by atoms with van der Waals surface area (Å²) in [6.07, 6.45) is 5.18. The van der Waals surface area contributed by atoms with Gasteiger partial charge < -0.3 is 5.32 Å². The van der Waals surface area contributed by atoms with Crippen molar-refractivity contribution in [1.82, 2.24) is 10.3 Å². The average Bonchev–Trinajstić information content (AvgIpc) is 3.34. The summed E-state index contributed by atoms with van der Waals surface area (Å²) in [5.41, 5.74) is 2.32. The number of benzene rings is 1. The SMILES string of the molecule is Clc1cc(Cl)cc(-c2nc(C3CC3)c(CNC3CC3)s2)c1. The summed E-state index contributed by atoms with van der Waals surface area (Å²) in [5, 5.41) is 5.97. The van der Waals surface area contributed by atoms with Gasteiger partial charge in [0.15, 0.2) is 0 Å². The fraction of sp³-hybridized carbons (Fsp3) is 0.438. The molecule has 2 saturated carbocycles. The highest BCUT2D eigenvalue weighted by atomic mass is 35.5. The van der Waals surface area contributed by atoms with Crippen LogP contribution in [0.4, 0.5) is 0 Å². The van der Waals surface area contributed by atoms with Crippen LogP contribution in [-0.2, 0) is 6.54 Å². The molecule has 2 aliphatic rings. The smallest absolute Gasteiger partial charge is 0.124 e. The quantitative estimate of drug-likeness (QED) is 0.805. The molecule has 0 aliphatic heterocycles. The van der Waals surface area contributed by atoms with Crippen molar-refractivity contribution in [1.29, 1.82) is 0 Å². The highest BCUT2D eigenvalue weighted by Gasteiger charge is 2.30. The molecule has 0 amide bonds. The lowest BCUT2D eigenvalue weighted by molar-refractivity contribution is 0.688. The minimum Gasteiger partial charge on any atom is -0.309 e. The van der Waals surface area contributed by atoms with Gasteiger partial charge in [0.1, 0.15) is 5.01 Å². The van der Waals surface area contributed by atoms with Crippen LogP contribution >= 0.6 is 34.5 Å². The van der Waals surface area contributed by atoms with E-state index >= 15 is 0 Å². The summed E-state index contributed by atoms with van der Waals surface area (Å²) in [7, 11) is 0. The molecule has 0 radical (unpaired) electrons. The second-order valence-electron chi connectivity index (χ2n) is 5.92. The molecule has 2 fully saturated rings. The third-order valence-corrected chi connectivity index (χ3v) is 5.49. The van der Waals surface area contributed by atoms with Crippen molar-refractivity contribution in [2.75, 3.05) is 0 Å². The number of thiazole rings is 1. The minimum absolute atomic E-state index is 0.665. The Hall–Kier alpha value is -0.610. The zero-order chi connectivity index (χ0) is 14.4. The molecule has 5 heteroatoms. The molecule has 1 N–H and O–H groups in total. The molecule has 21 heavy (non-hydrogen) atoms. The van der Waals surface area contributed by atoms with Crippen molar-refractivity contribution in [3.05, 3.63) is 38.8 Å².